The van der Waals surface area contributed by atoms with Crippen molar-refractivity contribution in [1.29, 1.82) is 0 Å². The van der Waals surface area contributed by atoms with Crippen LogP contribution in [-0.4, -0.2) is 20.3 Å². The molecule has 2 heterocycles. The molecule has 0 unspecified atom stereocenters. The predicted octanol–water partition coefficient (Wildman–Crippen LogP) is 3.60. The molecule has 2 aromatic heterocycles. The highest BCUT2D eigenvalue weighted by molar-refractivity contribution is 9.09. The summed E-state index contributed by atoms with van der Waals surface area (Å²) in [6.45, 7) is 0. The highest BCUT2D eigenvalue weighted by Crippen LogP contribution is 2.40. The average molecular weight is 308 g/mol. The number of fused-ring (bicyclic) bond motifs is 1. The second kappa shape index (κ2) is 6.27. The summed E-state index contributed by atoms with van der Waals surface area (Å²) in [5, 5.41) is 8.38. The van der Waals surface area contributed by atoms with Gasteiger partial charge in [-0.1, -0.05) is 16.9 Å². The van der Waals surface area contributed by atoms with E-state index in [1.54, 1.807) is 43.8 Å². The molecule has 0 saturated heterocycles. The molecule has 0 N–H and O–H groups in total. The molecule has 0 aliphatic carbocycles. The predicted molar refractivity (Wildman–Crippen MR) is 78.6 cm³/mol. The summed E-state index contributed by atoms with van der Waals surface area (Å²) in [6, 6.07) is 7.75. The highest BCUT2D eigenvalue weighted by atomic mass is 33.5. The Morgan fingerprint density at radius 3 is 2.79 bits per heavy atom. The quantitative estimate of drug-likeness (QED) is 0.402. The van der Waals surface area contributed by atoms with Gasteiger partial charge in [0.15, 0.2) is 5.16 Å². The fourth-order valence-corrected chi connectivity index (χ4v) is 4.62. The maximum absolute atomic E-state index is 4.67. The molecule has 0 spiro atoms. The fraction of sp³-hybridized carbons (Fsp3) is 0.0909. The Morgan fingerprint density at radius 1 is 1.05 bits per heavy atom. The van der Waals surface area contributed by atoms with Gasteiger partial charge in [-0.25, -0.2) is 14.6 Å². The Labute approximate surface area is 120 Å². The molecule has 3 aromatic rings. The topological polar surface area (TPSA) is 64.7 Å². The summed E-state index contributed by atoms with van der Waals surface area (Å²) in [4.78, 5) is 8.29. The van der Waals surface area contributed by atoms with E-state index in [9.17, 15) is 0 Å². The van der Waals surface area contributed by atoms with Crippen molar-refractivity contribution in [2.75, 3.05) is 0 Å². The van der Waals surface area contributed by atoms with Crippen molar-refractivity contribution in [2.45, 2.75) is 10.9 Å². The molecule has 96 valence electrons. The van der Waals surface area contributed by atoms with Crippen molar-refractivity contribution in [3.05, 3.63) is 42.2 Å². The van der Waals surface area contributed by atoms with Crippen LogP contribution in [0.15, 0.2) is 46.4 Å². The smallest absolute Gasteiger partial charge is 0.199 e. The maximum atomic E-state index is 4.67. The number of aromatic nitrogens is 4. The molecule has 3 rings (SSSR count). The van der Waals surface area contributed by atoms with E-state index in [1.165, 1.54) is 5.56 Å². The molecule has 19 heavy (non-hydrogen) atoms. The molecule has 0 aliphatic rings. The summed E-state index contributed by atoms with van der Waals surface area (Å²) in [5.41, 5.74) is 2.77. The van der Waals surface area contributed by atoms with Gasteiger partial charge in [0, 0.05) is 18.1 Å². The van der Waals surface area contributed by atoms with Crippen LogP contribution >= 0.6 is 31.4 Å². The Bertz CT molecular complexity index is 661. The lowest BCUT2D eigenvalue weighted by Gasteiger charge is -1.99. The third-order valence-electron chi connectivity index (χ3n) is 2.24. The molecule has 0 saturated carbocycles. The standard InChI is InChI=1S/C11H8N4OS3/c1-4-12-11(13-5-1)18-19-17-7-8-2-3-9-10(6-8)15-16-14-9/h1-6H,7H2. The van der Waals surface area contributed by atoms with E-state index in [2.05, 4.69) is 24.9 Å². The summed E-state index contributed by atoms with van der Waals surface area (Å²) in [5.74, 6) is 0.882. The average Bonchev–Trinajstić information content (AvgIpc) is 2.92. The van der Waals surface area contributed by atoms with E-state index < -0.39 is 0 Å². The second-order valence-electron chi connectivity index (χ2n) is 3.53. The van der Waals surface area contributed by atoms with Crippen LogP contribution in [0.2, 0.25) is 0 Å². The van der Waals surface area contributed by atoms with Gasteiger partial charge in [-0.05, 0) is 54.7 Å². The van der Waals surface area contributed by atoms with E-state index in [1.807, 2.05) is 24.3 Å². The third-order valence-corrected chi connectivity index (χ3v) is 5.99. The van der Waals surface area contributed by atoms with E-state index >= 15 is 0 Å². The first-order valence-corrected chi connectivity index (χ1v) is 9.01. The van der Waals surface area contributed by atoms with Crippen molar-refractivity contribution in [3.8, 4) is 0 Å². The first-order valence-electron chi connectivity index (χ1n) is 5.36. The van der Waals surface area contributed by atoms with Gasteiger partial charge in [0.1, 0.15) is 11.0 Å². The van der Waals surface area contributed by atoms with Crippen LogP contribution in [-0.2, 0) is 5.75 Å². The third kappa shape index (κ3) is 3.40. The molecular formula is C11H8N4OS3. The Balaban J connectivity index is 1.52. The van der Waals surface area contributed by atoms with E-state index in [0.29, 0.717) is 0 Å². The lowest BCUT2D eigenvalue weighted by atomic mass is 10.2. The number of benzene rings is 1. The summed E-state index contributed by atoms with van der Waals surface area (Å²) in [6.07, 6.45) is 3.48. The molecule has 1 aromatic carbocycles. The van der Waals surface area contributed by atoms with E-state index in [4.69, 9.17) is 0 Å². The van der Waals surface area contributed by atoms with Crippen molar-refractivity contribution in [2.24, 2.45) is 0 Å². The number of hydrogen-bond acceptors (Lipinski definition) is 8. The normalized spacial score (nSPS) is 10.9. The molecule has 5 nitrogen and oxygen atoms in total. The van der Waals surface area contributed by atoms with Gasteiger partial charge in [0.2, 0.25) is 0 Å². The van der Waals surface area contributed by atoms with Crippen LogP contribution < -0.4 is 0 Å². The molecule has 0 atom stereocenters. The zero-order valence-corrected chi connectivity index (χ0v) is 12.0. The molecule has 0 fully saturated rings. The largest absolute Gasteiger partial charge is 0.243 e. The van der Waals surface area contributed by atoms with Crippen molar-refractivity contribution < 1.29 is 4.63 Å². The monoisotopic (exact) mass is 308 g/mol. The minimum absolute atomic E-state index is 0.774. The molecule has 8 heteroatoms. The van der Waals surface area contributed by atoms with E-state index in [-0.39, 0.29) is 0 Å². The molecular weight excluding hydrogens is 300 g/mol. The first kappa shape index (κ1) is 12.8. The molecule has 0 bridgehead atoms. The first-order chi connectivity index (χ1) is 9.42. The van der Waals surface area contributed by atoms with Crippen LogP contribution in [0.4, 0.5) is 0 Å². The molecule has 0 amide bonds. The van der Waals surface area contributed by atoms with E-state index in [0.717, 1.165) is 21.9 Å². The minimum atomic E-state index is 0.774. The zero-order valence-electron chi connectivity index (χ0n) is 9.59. The van der Waals surface area contributed by atoms with Gasteiger partial charge in [0.05, 0.1) is 0 Å². The fourth-order valence-electron chi connectivity index (χ4n) is 1.39. The van der Waals surface area contributed by atoms with Crippen molar-refractivity contribution in [1.82, 2.24) is 20.3 Å². The van der Waals surface area contributed by atoms with Crippen molar-refractivity contribution in [3.63, 3.8) is 0 Å². The van der Waals surface area contributed by atoms with Gasteiger partial charge in [0.25, 0.3) is 0 Å². The van der Waals surface area contributed by atoms with Crippen LogP contribution in [0.3, 0.4) is 0 Å². The SMILES string of the molecule is c1cnc(SSSCc2ccc3nonc3c2)nc1. The molecule has 0 aliphatic heterocycles. The van der Waals surface area contributed by atoms with Gasteiger partial charge in [-0.2, -0.15) is 0 Å². The lowest BCUT2D eigenvalue weighted by molar-refractivity contribution is 0.315. The van der Waals surface area contributed by atoms with Crippen LogP contribution in [0.5, 0.6) is 0 Å². The second-order valence-corrected chi connectivity index (χ2v) is 7.56. The van der Waals surface area contributed by atoms with Gasteiger partial charge < -0.3 is 0 Å². The Hall–Kier alpha value is -1.25. The van der Waals surface area contributed by atoms with Crippen LogP contribution in [0, 0.1) is 0 Å². The van der Waals surface area contributed by atoms with Crippen LogP contribution in [0.1, 0.15) is 5.56 Å². The summed E-state index contributed by atoms with van der Waals surface area (Å²) in [7, 11) is 4.95. The van der Waals surface area contributed by atoms with Crippen LogP contribution in [0.25, 0.3) is 11.0 Å². The number of nitrogens with zero attached hydrogens (tertiary/aromatic N) is 4. The Morgan fingerprint density at radius 2 is 1.89 bits per heavy atom. The van der Waals surface area contributed by atoms with Gasteiger partial charge in [-0.15, -0.1) is 0 Å². The van der Waals surface area contributed by atoms with Gasteiger partial charge >= 0.3 is 0 Å². The minimum Gasteiger partial charge on any atom is -0.243 e. The molecule has 0 radical (unpaired) electrons. The lowest BCUT2D eigenvalue weighted by Crippen LogP contribution is -1.80. The summed E-state index contributed by atoms with van der Waals surface area (Å²) >= 11 is 0. The number of rotatable bonds is 5. The number of hydrogen-bond donors (Lipinski definition) is 0. The summed E-state index contributed by atoms with van der Waals surface area (Å²) < 4.78 is 4.67. The maximum Gasteiger partial charge on any atom is 0.199 e. The zero-order chi connectivity index (χ0) is 12.9. The van der Waals surface area contributed by atoms with Crippen molar-refractivity contribution >= 4 is 42.4 Å². The highest BCUT2D eigenvalue weighted by Gasteiger charge is 2.03. The Kier molecular flexibility index (Phi) is 4.21. The van der Waals surface area contributed by atoms with Gasteiger partial charge in [-0.3, -0.25) is 0 Å².